The zero-order valence-electron chi connectivity index (χ0n) is 19.7. The highest BCUT2D eigenvalue weighted by atomic mass is 35.5. The molecule has 3 N–H and O–H groups in total. The van der Waals surface area contributed by atoms with E-state index in [-0.39, 0.29) is 28.9 Å². The summed E-state index contributed by atoms with van der Waals surface area (Å²) in [5.74, 6) is -2.46. The topological polar surface area (TPSA) is 114 Å². The molecule has 2 aromatic carbocycles. The fourth-order valence-corrected chi connectivity index (χ4v) is 4.01. The molecule has 36 heavy (non-hydrogen) atoms. The minimum Gasteiger partial charge on any atom is -0.481 e. The molecule has 1 heterocycles. The van der Waals surface area contributed by atoms with Crippen LogP contribution in [0, 0.1) is 5.82 Å². The van der Waals surface area contributed by atoms with Gasteiger partial charge < -0.3 is 20.3 Å². The Balaban J connectivity index is 1.96. The summed E-state index contributed by atoms with van der Waals surface area (Å²) in [7, 11) is 0. The fourth-order valence-electron chi connectivity index (χ4n) is 3.47. The van der Waals surface area contributed by atoms with Gasteiger partial charge in [0.2, 0.25) is 5.88 Å². The molecule has 1 amide bonds. The number of rotatable bonds is 11. The van der Waals surface area contributed by atoms with Crippen LogP contribution in [0.2, 0.25) is 10.0 Å². The van der Waals surface area contributed by atoms with Crippen LogP contribution in [-0.4, -0.2) is 44.1 Å². The van der Waals surface area contributed by atoms with Crippen molar-refractivity contribution >= 4 is 35.1 Å². The van der Waals surface area contributed by atoms with Gasteiger partial charge in [-0.25, -0.2) is 4.39 Å². The van der Waals surface area contributed by atoms with Crippen LogP contribution in [0.5, 0.6) is 5.88 Å². The Morgan fingerprint density at radius 2 is 1.86 bits per heavy atom. The van der Waals surface area contributed by atoms with Crippen molar-refractivity contribution in [3.8, 4) is 11.6 Å². The molecular formula is C25H26Cl2FN3O5. The highest BCUT2D eigenvalue weighted by Gasteiger charge is 2.27. The normalized spacial score (nSPS) is 12.3. The van der Waals surface area contributed by atoms with Crippen LogP contribution in [0.1, 0.15) is 55.2 Å². The van der Waals surface area contributed by atoms with Crippen molar-refractivity contribution in [2.24, 2.45) is 0 Å². The summed E-state index contributed by atoms with van der Waals surface area (Å²) in [5, 5.41) is 27.4. The van der Waals surface area contributed by atoms with Gasteiger partial charge in [-0.2, -0.15) is 9.78 Å². The lowest BCUT2D eigenvalue weighted by atomic mass is 9.99. The number of hydrogen-bond donors (Lipinski definition) is 3. The number of hydrogen-bond acceptors (Lipinski definition) is 5. The monoisotopic (exact) mass is 537 g/mol. The van der Waals surface area contributed by atoms with Gasteiger partial charge in [0.05, 0.1) is 18.1 Å². The third kappa shape index (κ3) is 6.54. The average molecular weight is 538 g/mol. The summed E-state index contributed by atoms with van der Waals surface area (Å²) >= 11 is 12.2. The minimum absolute atomic E-state index is 0.0323. The molecule has 3 aromatic rings. The van der Waals surface area contributed by atoms with Crippen molar-refractivity contribution in [2.75, 3.05) is 6.61 Å². The maximum atomic E-state index is 14.6. The zero-order chi connectivity index (χ0) is 26.5. The van der Waals surface area contributed by atoms with E-state index in [0.29, 0.717) is 23.4 Å². The highest BCUT2D eigenvalue weighted by Crippen LogP contribution is 2.29. The first-order chi connectivity index (χ1) is 17.1. The molecule has 192 valence electrons. The third-order valence-electron chi connectivity index (χ3n) is 5.82. The number of nitrogens with one attached hydrogen (secondary N) is 1. The quantitative estimate of drug-likeness (QED) is 0.310. The molecule has 0 fully saturated rings. The van der Waals surface area contributed by atoms with E-state index in [1.807, 2.05) is 13.8 Å². The summed E-state index contributed by atoms with van der Waals surface area (Å²) in [4.78, 5) is 24.6. The first kappa shape index (κ1) is 27.4. The molecule has 11 heteroatoms. The number of carbonyl (C=O) groups excluding carboxylic acids is 1. The lowest BCUT2D eigenvalue weighted by Crippen LogP contribution is -2.34. The highest BCUT2D eigenvalue weighted by molar-refractivity contribution is 6.35. The molecule has 0 spiro atoms. The van der Waals surface area contributed by atoms with E-state index < -0.39 is 35.8 Å². The van der Waals surface area contributed by atoms with Crippen LogP contribution in [0.4, 0.5) is 4.39 Å². The largest absolute Gasteiger partial charge is 0.481 e. The third-order valence-corrected chi connectivity index (χ3v) is 6.38. The van der Waals surface area contributed by atoms with Gasteiger partial charge >= 0.3 is 5.97 Å². The first-order valence-electron chi connectivity index (χ1n) is 11.2. The number of ether oxygens (including phenoxy) is 1. The van der Waals surface area contributed by atoms with Crippen LogP contribution in [0.3, 0.4) is 0 Å². The van der Waals surface area contributed by atoms with Gasteiger partial charge in [-0.3, -0.25) is 9.59 Å². The predicted molar refractivity (Wildman–Crippen MR) is 133 cm³/mol. The van der Waals surface area contributed by atoms with Gasteiger partial charge in [0.1, 0.15) is 18.1 Å². The number of carboxylic acid groups (broad SMARTS) is 1. The number of halogens is 3. The number of para-hydroxylation sites is 1. The Morgan fingerprint density at radius 3 is 2.47 bits per heavy atom. The van der Waals surface area contributed by atoms with E-state index in [1.165, 1.54) is 42.5 Å². The molecule has 8 nitrogen and oxygen atoms in total. The second-order valence-corrected chi connectivity index (χ2v) is 9.08. The number of benzene rings is 2. The van der Waals surface area contributed by atoms with Gasteiger partial charge in [-0.15, -0.1) is 0 Å². The Morgan fingerprint density at radius 1 is 1.17 bits per heavy atom. The number of nitrogens with zero attached hydrogens (tertiary/aromatic N) is 2. The first-order valence-corrected chi connectivity index (χ1v) is 12.0. The molecule has 3 rings (SSSR count). The number of aromatic nitrogens is 2. The SMILES string of the molecule is CCC(O)(CC)COc1cc(C(=O)N[C@@H](CC(=O)O)c2ccc(Cl)cc2Cl)nn1-c1ccccc1F. The maximum Gasteiger partial charge on any atom is 0.305 e. The molecule has 0 unspecified atom stereocenters. The van der Waals surface area contributed by atoms with Gasteiger partial charge in [-0.05, 0) is 42.7 Å². The number of aliphatic hydroxyl groups is 1. The minimum atomic E-state index is -1.16. The molecule has 0 radical (unpaired) electrons. The average Bonchev–Trinajstić information content (AvgIpc) is 3.26. The van der Waals surface area contributed by atoms with Gasteiger partial charge in [-0.1, -0.05) is 55.2 Å². The fraction of sp³-hybridized carbons (Fsp3) is 0.320. The van der Waals surface area contributed by atoms with Gasteiger partial charge in [0, 0.05) is 16.1 Å². The molecule has 0 aliphatic rings. The summed E-state index contributed by atoms with van der Waals surface area (Å²) in [5.41, 5.74) is -0.876. The summed E-state index contributed by atoms with van der Waals surface area (Å²) < 4.78 is 21.5. The number of aliphatic carboxylic acids is 1. The van der Waals surface area contributed by atoms with E-state index in [4.69, 9.17) is 27.9 Å². The molecular weight excluding hydrogens is 512 g/mol. The Kier molecular flexibility index (Phi) is 8.94. The standard InChI is InChI=1S/C25H26Cl2FN3O5/c1-3-25(35,4-2)14-36-22-12-20(30-31(22)21-8-6-5-7-18(21)28)24(34)29-19(13-23(32)33)16-10-9-15(26)11-17(16)27/h5-12,19,35H,3-4,13-14H2,1-2H3,(H,29,34)(H,32,33)/t19-/m0/s1. The Hall–Kier alpha value is -3.14. The van der Waals surface area contributed by atoms with Crippen LogP contribution in [0.25, 0.3) is 5.69 Å². The molecule has 1 aromatic heterocycles. The second-order valence-electron chi connectivity index (χ2n) is 8.24. The summed E-state index contributed by atoms with van der Waals surface area (Å²) in [6, 6.07) is 10.6. The molecule has 0 saturated carbocycles. The lowest BCUT2D eigenvalue weighted by molar-refractivity contribution is -0.137. The van der Waals surface area contributed by atoms with E-state index in [2.05, 4.69) is 10.4 Å². The second kappa shape index (κ2) is 11.7. The van der Waals surface area contributed by atoms with Crippen molar-refractivity contribution in [3.63, 3.8) is 0 Å². The summed E-state index contributed by atoms with van der Waals surface area (Å²) in [6.07, 6.45) is 0.386. The number of carbonyl (C=O) groups is 2. The molecule has 0 aliphatic heterocycles. The van der Waals surface area contributed by atoms with Crippen molar-refractivity contribution in [3.05, 3.63) is 75.7 Å². The zero-order valence-corrected chi connectivity index (χ0v) is 21.2. The van der Waals surface area contributed by atoms with Gasteiger partial charge in [0.15, 0.2) is 5.69 Å². The lowest BCUT2D eigenvalue weighted by Gasteiger charge is -2.25. The number of carboxylic acids is 1. The van der Waals surface area contributed by atoms with Crippen LogP contribution in [-0.2, 0) is 4.79 Å². The molecule has 0 aliphatic carbocycles. The molecule has 0 bridgehead atoms. The van der Waals surface area contributed by atoms with Crippen LogP contribution >= 0.6 is 23.2 Å². The Bertz CT molecular complexity index is 1250. The Labute approximate surface area is 217 Å². The van der Waals surface area contributed by atoms with Crippen LogP contribution in [0.15, 0.2) is 48.5 Å². The maximum absolute atomic E-state index is 14.6. The number of amides is 1. The van der Waals surface area contributed by atoms with E-state index in [1.54, 1.807) is 6.07 Å². The van der Waals surface area contributed by atoms with Crippen molar-refractivity contribution < 1.29 is 28.9 Å². The molecule has 0 saturated heterocycles. The molecule has 1 atom stereocenters. The van der Waals surface area contributed by atoms with E-state index in [9.17, 15) is 24.2 Å². The summed E-state index contributed by atoms with van der Waals surface area (Å²) in [6.45, 7) is 3.51. The predicted octanol–water partition coefficient (Wildman–Crippen LogP) is 5.19. The van der Waals surface area contributed by atoms with Crippen LogP contribution < -0.4 is 10.1 Å². The van der Waals surface area contributed by atoms with Crippen molar-refractivity contribution in [1.29, 1.82) is 0 Å². The van der Waals surface area contributed by atoms with E-state index >= 15 is 0 Å². The van der Waals surface area contributed by atoms with Gasteiger partial charge in [0.25, 0.3) is 5.91 Å². The van der Waals surface area contributed by atoms with E-state index in [0.717, 1.165) is 4.68 Å². The van der Waals surface area contributed by atoms with Crippen molar-refractivity contribution in [2.45, 2.75) is 44.8 Å². The smallest absolute Gasteiger partial charge is 0.305 e. The van der Waals surface area contributed by atoms with Crippen molar-refractivity contribution in [1.82, 2.24) is 15.1 Å².